The molecule has 0 radical (unpaired) electrons. The van der Waals surface area contributed by atoms with Crippen molar-refractivity contribution in [3.05, 3.63) is 40.1 Å². The third kappa shape index (κ3) is 2.10. The molecule has 0 saturated heterocycles. The quantitative estimate of drug-likeness (QED) is 0.883. The van der Waals surface area contributed by atoms with Crippen molar-refractivity contribution in [2.24, 2.45) is 5.73 Å². The number of thiophene rings is 1. The van der Waals surface area contributed by atoms with Crippen LogP contribution in [0.25, 0.3) is 11.1 Å². The van der Waals surface area contributed by atoms with Gasteiger partial charge in [0.05, 0.1) is 7.11 Å². The van der Waals surface area contributed by atoms with Crippen LogP contribution >= 0.6 is 11.3 Å². The largest absolute Gasteiger partial charge is 0.496 e. The van der Waals surface area contributed by atoms with E-state index in [1.54, 1.807) is 18.4 Å². The fourth-order valence-corrected chi connectivity index (χ4v) is 2.42. The number of ether oxygens (including phenoxy) is 1. The smallest absolute Gasteiger partial charge is 0.123 e. The van der Waals surface area contributed by atoms with Gasteiger partial charge in [0.2, 0.25) is 0 Å². The Labute approximate surface area is 99.7 Å². The normalized spacial score (nSPS) is 10.4. The van der Waals surface area contributed by atoms with Gasteiger partial charge in [0, 0.05) is 17.0 Å². The molecular formula is C13H15NOS. The third-order valence-electron chi connectivity index (χ3n) is 2.56. The van der Waals surface area contributed by atoms with Crippen LogP contribution in [0.1, 0.15) is 10.4 Å². The molecule has 2 rings (SSSR count). The van der Waals surface area contributed by atoms with Gasteiger partial charge in [0.15, 0.2) is 0 Å². The summed E-state index contributed by atoms with van der Waals surface area (Å²) in [5, 5.41) is 2.16. The SMILES string of the molecule is COc1ccc(-c2csc(C)c2)cc1CN. The fourth-order valence-electron chi connectivity index (χ4n) is 1.71. The van der Waals surface area contributed by atoms with E-state index in [9.17, 15) is 0 Å². The van der Waals surface area contributed by atoms with Gasteiger partial charge in [-0.25, -0.2) is 0 Å². The molecule has 0 spiro atoms. The minimum absolute atomic E-state index is 0.500. The van der Waals surface area contributed by atoms with Crippen molar-refractivity contribution < 1.29 is 4.74 Å². The van der Waals surface area contributed by atoms with Gasteiger partial charge < -0.3 is 10.5 Å². The summed E-state index contributed by atoms with van der Waals surface area (Å²) in [6.45, 7) is 2.61. The Kier molecular flexibility index (Phi) is 3.27. The molecule has 1 aromatic carbocycles. The topological polar surface area (TPSA) is 35.2 Å². The van der Waals surface area contributed by atoms with Gasteiger partial charge in [-0.05, 0) is 41.6 Å². The van der Waals surface area contributed by atoms with Gasteiger partial charge in [-0.1, -0.05) is 6.07 Å². The van der Waals surface area contributed by atoms with E-state index in [0.29, 0.717) is 6.54 Å². The van der Waals surface area contributed by atoms with E-state index in [2.05, 4.69) is 30.5 Å². The second-order valence-corrected chi connectivity index (χ2v) is 4.79. The van der Waals surface area contributed by atoms with Crippen molar-refractivity contribution in [2.75, 3.05) is 7.11 Å². The average Bonchev–Trinajstić information content (AvgIpc) is 2.75. The number of hydrogen-bond donors (Lipinski definition) is 1. The molecule has 3 heteroatoms. The first-order valence-electron chi connectivity index (χ1n) is 5.17. The van der Waals surface area contributed by atoms with Crippen LogP contribution in [0, 0.1) is 6.92 Å². The van der Waals surface area contributed by atoms with Crippen LogP contribution < -0.4 is 10.5 Å². The minimum atomic E-state index is 0.500. The van der Waals surface area contributed by atoms with E-state index in [1.165, 1.54) is 16.0 Å². The average molecular weight is 233 g/mol. The molecule has 1 aromatic heterocycles. The maximum atomic E-state index is 5.70. The Hall–Kier alpha value is -1.32. The Bertz CT molecular complexity index is 490. The van der Waals surface area contributed by atoms with E-state index in [0.717, 1.165) is 11.3 Å². The lowest BCUT2D eigenvalue weighted by Crippen LogP contribution is -1.99. The zero-order valence-electron chi connectivity index (χ0n) is 9.49. The molecule has 0 atom stereocenters. The summed E-state index contributed by atoms with van der Waals surface area (Å²) < 4.78 is 5.25. The molecule has 0 bridgehead atoms. The monoisotopic (exact) mass is 233 g/mol. The molecule has 0 unspecified atom stereocenters. The first kappa shape index (κ1) is 11.2. The van der Waals surface area contributed by atoms with E-state index < -0.39 is 0 Å². The second kappa shape index (κ2) is 4.68. The highest BCUT2D eigenvalue weighted by Gasteiger charge is 2.05. The van der Waals surface area contributed by atoms with Crippen LogP contribution in [-0.2, 0) is 6.54 Å². The third-order valence-corrected chi connectivity index (χ3v) is 3.43. The lowest BCUT2D eigenvalue weighted by Gasteiger charge is -2.08. The molecular weight excluding hydrogens is 218 g/mol. The molecule has 84 valence electrons. The Morgan fingerprint density at radius 3 is 2.62 bits per heavy atom. The van der Waals surface area contributed by atoms with E-state index in [1.807, 2.05) is 6.07 Å². The molecule has 16 heavy (non-hydrogen) atoms. The fraction of sp³-hybridized carbons (Fsp3) is 0.231. The van der Waals surface area contributed by atoms with Gasteiger partial charge in [-0.3, -0.25) is 0 Å². The highest BCUT2D eigenvalue weighted by Crippen LogP contribution is 2.29. The molecule has 2 nitrogen and oxygen atoms in total. The van der Waals surface area contributed by atoms with Crippen LogP contribution in [0.5, 0.6) is 5.75 Å². The number of methoxy groups -OCH3 is 1. The van der Waals surface area contributed by atoms with E-state index in [-0.39, 0.29) is 0 Å². The summed E-state index contributed by atoms with van der Waals surface area (Å²) in [5.74, 6) is 0.859. The van der Waals surface area contributed by atoms with Crippen molar-refractivity contribution >= 4 is 11.3 Å². The van der Waals surface area contributed by atoms with Crippen molar-refractivity contribution in [1.82, 2.24) is 0 Å². The van der Waals surface area contributed by atoms with Crippen molar-refractivity contribution in [3.63, 3.8) is 0 Å². The van der Waals surface area contributed by atoms with Crippen molar-refractivity contribution in [3.8, 4) is 16.9 Å². The Morgan fingerprint density at radius 1 is 1.25 bits per heavy atom. The Morgan fingerprint density at radius 2 is 2.06 bits per heavy atom. The summed E-state index contributed by atoms with van der Waals surface area (Å²) >= 11 is 1.76. The van der Waals surface area contributed by atoms with Gasteiger partial charge in [0.1, 0.15) is 5.75 Å². The predicted octanol–water partition coefficient (Wildman–Crippen LogP) is 3.19. The Balaban J connectivity index is 2.43. The maximum Gasteiger partial charge on any atom is 0.123 e. The first-order chi connectivity index (χ1) is 7.74. The summed E-state index contributed by atoms with van der Waals surface area (Å²) in [6.07, 6.45) is 0. The van der Waals surface area contributed by atoms with Crippen LogP contribution in [0.4, 0.5) is 0 Å². The highest BCUT2D eigenvalue weighted by molar-refractivity contribution is 7.10. The summed E-state index contributed by atoms with van der Waals surface area (Å²) in [7, 11) is 1.67. The standard InChI is InChI=1S/C13H15NOS/c1-9-5-12(8-16-9)10-3-4-13(15-2)11(6-10)7-14/h3-6,8H,7,14H2,1-2H3. The first-order valence-corrected chi connectivity index (χ1v) is 6.05. The lowest BCUT2D eigenvalue weighted by atomic mass is 10.0. The van der Waals surface area contributed by atoms with Crippen LogP contribution in [0.3, 0.4) is 0 Å². The highest BCUT2D eigenvalue weighted by atomic mass is 32.1. The second-order valence-electron chi connectivity index (χ2n) is 3.68. The summed E-state index contributed by atoms with van der Waals surface area (Å²) in [5.41, 5.74) is 9.20. The number of nitrogens with two attached hydrogens (primary N) is 1. The molecule has 2 aromatic rings. The maximum absolute atomic E-state index is 5.70. The van der Waals surface area contributed by atoms with Gasteiger partial charge in [-0.2, -0.15) is 0 Å². The van der Waals surface area contributed by atoms with Gasteiger partial charge in [-0.15, -0.1) is 11.3 Å². The van der Waals surface area contributed by atoms with Crippen LogP contribution in [0.2, 0.25) is 0 Å². The molecule has 2 N–H and O–H groups in total. The van der Waals surface area contributed by atoms with Crippen LogP contribution in [0.15, 0.2) is 29.6 Å². The number of benzene rings is 1. The molecule has 0 saturated carbocycles. The van der Waals surface area contributed by atoms with E-state index in [4.69, 9.17) is 10.5 Å². The van der Waals surface area contributed by atoms with Gasteiger partial charge >= 0.3 is 0 Å². The number of aryl methyl sites for hydroxylation is 1. The van der Waals surface area contributed by atoms with Crippen molar-refractivity contribution in [2.45, 2.75) is 13.5 Å². The minimum Gasteiger partial charge on any atom is -0.496 e. The lowest BCUT2D eigenvalue weighted by molar-refractivity contribution is 0.410. The zero-order valence-corrected chi connectivity index (χ0v) is 10.3. The van der Waals surface area contributed by atoms with Crippen molar-refractivity contribution in [1.29, 1.82) is 0 Å². The van der Waals surface area contributed by atoms with Crippen LogP contribution in [-0.4, -0.2) is 7.11 Å². The molecule has 0 aliphatic heterocycles. The zero-order chi connectivity index (χ0) is 11.5. The van der Waals surface area contributed by atoms with Gasteiger partial charge in [0.25, 0.3) is 0 Å². The summed E-state index contributed by atoms with van der Waals surface area (Å²) in [6, 6.07) is 8.33. The molecule has 0 aliphatic rings. The number of hydrogen-bond acceptors (Lipinski definition) is 3. The molecule has 0 fully saturated rings. The van der Waals surface area contributed by atoms with E-state index >= 15 is 0 Å². The molecule has 0 amide bonds. The molecule has 0 aliphatic carbocycles. The summed E-state index contributed by atoms with van der Waals surface area (Å²) in [4.78, 5) is 1.32. The predicted molar refractivity (Wildman–Crippen MR) is 68.9 cm³/mol. The molecule has 1 heterocycles. The number of rotatable bonds is 3.